The van der Waals surface area contributed by atoms with E-state index in [1.54, 1.807) is 0 Å². The normalized spacial score (nSPS) is 14.9. The molecule has 0 radical (unpaired) electrons. The lowest BCUT2D eigenvalue weighted by atomic mass is 10.1. The van der Waals surface area contributed by atoms with Gasteiger partial charge in [-0.2, -0.15) is 0 Å². The van der Waals surface area contributed by atoms with Crippen molar-refractivity contribution in [1.29, 1.82) is 0 Å². The fourth-order valence-electron chi connectivity index (χ4n) is 2.12. The number of benzene rings is 1. The fourth-order valence-corrected chi connectivity index (χ4v) is 2.66. The van der Waals surface area contributed by atoms with Gasteiger partial charge >= 0.3 is 0 Å². The van der Waals surface area contributed by atoms with E-state index < -0.39 is 0 Å². The largest absolute Gasteiger partial charge is 0.351 e. The Balaban J connectivity index is 2.44. The first-order valence-corrected chi connectivity index (χ1v) is 5.87. The van der Waals surface area contributed by atoms with Crippen molar-refractivity contribution in [3.63, 3.8) is 0 Å². The van der Waals surface area contributed by atoms with Crippen molar-refractivity contribution in [2.24, 2.45) is 0 Å². The summed E-state index contributed by atoms with van der Waals surface area (Å²) in [6, 6.07) is 3.92. The maximum absolute atomic E-state index is 11.5. The first-order chi connectivity index (χ1) is 7.18. The predicted molar refractivity (Wildman–Crippen MR) is 63.7 cm³/mol. The highest BCUT2D eigenvalue weighted by atomic mass is 79.9. The zero-order valence-electron chi connectivity index (χ0n) is 7.73. The summed E-state index contributed by atoms with van der Waals surface area (Å²) in [6.07, 6.45) is 1.44. The first kappa shape index (κ1) is 9.43. The number of carbonyl (C=O) groups excluding carboxylic acids is 1. The number of hydrogen-bond donors (Lipinski definition) is 1. The molecule has 15 heavy (non-hydrogen) atoms. The van der Waals surface area contributed by atoms with Crippen LogP contribution in [0.15, 0.2) is 16.6 Å². The van der Waals surface area contributed by atoms with Crippen molar-refractivity contribution in [3.05, 3.63) is 32.9 Å². The molecule has 0 spiro atoms. The third-order valence-electron chi connectivity index (χ3n) is 2.85. The van der Waals surface area contributed by atoms with Crippen LogP contribution in [0, 0.1) is 0 Å². The summed E-state index contributed by atoms with van der Waals surface area (Å²) in [5, 5.41) is 1.72. The topological polar surface area (TPSA) is 32.9 Å². The number of ketones is 1. The standard InChI is InChI=1S/C11H7BrClNO/c12-7-3-1-6-5-2-4-8(15)10(5)14-11(6)9(7)13/h1,3,14H,2,4H2. The maximum Gasteiger partial charge on any atom is 0.179 e. The average Bonchev–Trinajstić information content (AvgIpc) is 2.74. The van der Waals surface area contributed by atoms with E-state index >= 15 is 0 Å². The molecule has 0 amide bonds. The van der Waals surface area contributed by atoms with E-state index in [0.29, 0.717) is 11.4 Å². The number of Topliss-reactive ketones (excluding diaryl/α,β-unsaturated/α-hetero) is 1. The van der Waals surface area contributed by atoms with Gasteiger partial charge in [-0.15, -0.1) is 0 Å². The smallest absolute Gasteiger partial charge is 0.179 e. The van der Waals surface area contributed by atoms with E-state index in [1.807, 2.05) is 12.1 Å². The van der Waals surface area contributed by atoms with Gasteiger partial charge in [0.2, 0.25) is 0 Å². The van der Waals surface area contributed by atoms with Crippen LogP contribution < -0.4 is 0 Å². The van der Waals surface area contributed by atoms with Gasteiger partial charge in [-0.05, 0) is 34.0 Å². The molecule has 1 heterocycles. The minimum atomic E-state index is 0.188. The Labute approximate surface area is 99.7 Å². The third kappa shape index (κ3) is 1.20. The Morgan fingerprint density at radius 3 is 2.93 bits per heavy atom. The van der Waals surface area contributed by atoms with Gasteiger partial charge < -0.3 is 4.98 Å². The molecular weight excluding hydrogens is 277 g/mol. The molecule has 0 aliphatic heterocycles. The molecule has 1 N–H and O–H groups in total. The van der Waals surface area contributed by atoms with Gasteiger partial charge in [0.25, 0.3) is 0 Å². The summed E-state index contributed by atoms with van der Waals surface area (Å²) in [5.41, 5.74) is 2.72. The number of hydrogen-bond acceptors (Lipinski definition) is 1. The van der Waals surface area contributed by atoms with Gasteiger partial charge in [-0.1, -0.05) is 17.7 Å². The maximum atomic E-state index is 11.5. The number of H-pyrrole nitrogens is 1. The summed E-state index contributed by atoms with van der Waals surface area (Å²) in [7, 11) is 0. The third-order valence-corrected chi connectivity index (χ3v) is 4.13. The van der Waals surface area contributed by atoms with Crippen LogP contribution in [-0.4, -0.2) is 10.8 Å². The molecule has 1 aromatic heterocycles. The number of fused-ring (bicyclic) bond motifs is 3. The number of aryl methyl sites for hydroxylation is 1. The van der Waals surface area contributed by atoms with Crippen molar-refractivity contribution in [1.82, 2.24) is 4.98 Å². The molecule has 2 aromatic rings. The number of aromatic nitrogens is 1. The van der Waals surface area contributed by atoms with Gasteiger partial charge in [-0.25, -0.2) is 0 Å². The van der Waals surface area contributed by atoms with E-state index in [-0.39, 0.29) is 5.78 Å². The molecule has 1 aliphatic carbocycles. The van der Waals surface area contributed by atoms with Gasteiger partial charge in [-0.3, -0.25) is 4.79 Å². The molecule has 0 unspecified atom stereocenters. The predicted octanol–water partition coefficient (Wildman–Crippen LogP) is 3.71. The molecule has 0 saturated carbocycles. The number of carbonyl (C=O) groups is 1. The highest BCUT2D eigenvalue weighted by Crippen LogP contribution is 2.36. The molecule has 0 bridgehead atoms. The van der Waals surface area contributed by atoms with E-state index in [2.05, 4.69) is 20.9 Å². The van der Waals surface area contributed by atoms with Crippen LogP contribution in [0.25, 0.3) is 10.9 Å². The van der Waals surface area contributed by atoms with E-state index in [0.717, 1.165) is 33.1 Å². The molecule has 0 fully saturated rings. The summed E-state index contributed by atoms with van der Waals surface area (Å²) >= 11 is 9.52. The van der Waals surface area contributed by atoms with Crippen molar-refractivity contribution >= 4 is 44.2 Å². The average molecular weight is 285 g/mol. The number of aromatic amines is 1. The number of halogens is 2. The Hall–Kier alpha value is -0.800. The highest BCUT2D eigenvalue weighted by Gasteiger charge is 2.25. The molecule has 1 aromatic carbocycles. The molecule has 76 valence electrons. The molecule has 1 aliphatic rings. The highest BCUT2D eigenvalue weighted by molar-refractivity contribution is 9.10. The van der Waals surface area contributed by atoms with E-state index in [9.17, 15) is 4.79 Å². The summed E-state index contributed by atoms with van der Waals surface area (Å²) < 4.78 is 0.851. The van der Waals surface area contributed by atoms with E-state index in [4.69, 9.17) is 11.6 Å². The molecular formula is C11H7BrClNO. The molecule has 4 heteroatoms. The second-order valence-corrected chi connectivity index (χ2v) is 4.92. The second kappa shape index (κ2) is 3.09. The molecule has 3 rings (SSSR count). The second-order valence-electron chi connectivity index (χ2n) is 3.69. The zero-order chi connectivity index (χ0) is 10.6. The van der Waals surface area contributed by atoms with Crippen LogP contribution >= 0.6 is 27.5 Å². The van der Waals surface area contributed by atoms with Gasteiger partial charge in [0.1, 0.15) is 0 Å². The zero-order valence-corrected chi connectivity index (χ0v) is 10.1. The minimum Gasteiger partial charge on any atom is -0.351 e. The SMILES string of the molecule is O=C1CCc2c1[nH]c1c(Cl)c(Br)ccc21. The molecule has 2 nitrogen and oxygen atoms in total. The lowest BCUT2D eigenvalue weighted by Crippen LogP contribution is -1.91. The van der Waals surface area contributed by atoms with Crippen LogP contribution in [0.1, 0.15) is 22.5 Å². The summed E-state index contributed by atoms with van der Waals surface area (Å²) in [4.78, 5) is 14.7. The van der Waals surface area contributed by atoms with Gasteiger partial charge in [0.05, 0.1) is 16.2 Å². The van der Waals surface area contributed by atoms with Crippen LogP contribution in [-0.2, 0) is 6.42 Å². The van der Waals surface area contributed by atoms with Crippen molar-refractivity contribution in [2.45, 2.75) is 12.8 Å². The fraction of sp³-hybridized carbons (Fsp3) is 0.182. The van der Waals surface area contributed by atoms with Crippen LogP contribution in [0.4, 0.5) is 0 Å². The van der Waals surface area contributed by atoms with Crippen molar-refractivity contribution < 1.29 is 4.79 Å². The molecule has 0 atom stereocenters. The van der Waals surface area contributed by atoms with Gasteiger partial charge in [0.15, 0.2) is 5.78 Å². The minimum absolute atomic E-state index is 0.188. The Morgan fingerprint density at radius 1 is 1.33 bits per heavy atom. The van der Waals surface area contributed by atoms with Crippen molar-refractivity contribution in [2.75, 3.05) is 0 Å². The number of nitrogens with one attached hydrogen (secondary N) is 1. The monoisotopic (exact) mass is 283 g/mol. The quantitative estimate of drug-likeness (QED) is 0.786. The Bertz CT molecular complexity index is 588. The van der Waals surface area contributed by atoms with Crippen LogP contribution in [0.5, 0.6) is 0 Å². The first-order valence-electron chi connectivity index (χ1n) is 4.70. The van der Waals surface area contributed by atoms with Crippen molar-refractivity contribution in [3.8, 4) is 0 Å². The lowest BCUT2D eigenvalue weighted by Gasteiger charge is -1.98. The number of rotatable bonds is 0. The Kier molecular flexibility index (Phi) is 1.94. The Morgan fingerprint density at radius 2 is 2.13 bits per heavy atom. The van der Waals surface area contributed by atoms with Crippen LogP contribution in [0.2, 0.25) is 5.02 Å². The summed E-state index contributed by atoms with van der Waals surface area (Å²) in [6.45, 7) is 0. The van der Waals surface area contributed by atoms with Crippen LogP contribution in [0.3, 0.4) is 0 Å². The summed E-state index contributed by atoms with van der Waals surface area (Å²) in [5.74, 6) is 0.188. The lowest BCUT2D eigenvalue weighted by molar-refractivity contribution is 0.0991. The van der Waals surface area contributed by atoms with E-state index in [1.165, 1.54) is 0 Å². The van der Waals surface area contributed by atoms with Gasteiger partial charge in [0, 0.05) is 16.3 Å². The molecule has 0 saturated heterocycles.